The molecule has 5 N–H and O–H groups in total. The fraction of sp³-hybridized carbons (Fsp3) is 0.300. The quantitative estimate of drug-likeness (QED) is 0.234. The second-order valence-electron chi connectivity index (χ2n) is 6.97. The van der Waals surface area contributed by atoms with Gasteiger partial charge in [0.1, 0.15) is 18.0 Å². The van der Waals surface area contributed by atoms with E-state index in [0.717, 1.165) is 0 Å². The fourth-order valence-corrected chi connectivity index (χ4v) is 2.39. The van der Waals surface area contributed by atoms with E-state index in [1.165, 1.54) is 6.92 Å². The Bertz CT molecular complexity index is 1020. The van der Waals surface area contributed by atoms with E-state index in [0.29, 0.717) is 25.7 Å². The molecule has 7 nitrogen and oxygen atoms in total. The summed E-state index contributed by atoms with van der Waals surface area (Å²) in [4.78, 5) is 19.6. The minimum absolute atomic E-state index is 0.129. The summed E-state index contributed by atoms with van der Waals surface area (Å²) in [6.07, 6.45) is -8.52. The number of hydrogen-bond donors (Lipinski definition) is 4. The maximum Gasteiger partial charge on any atom is 0.416 e. The molecule has 0 aliphatic heterocycles. The molecule has 1 atom stereocenters. The number of nitrogens with zero attached hydrogens (tertiary/aromatic N) is 2. The molecule has 1 rings (SSSR count). The first-order valence-electron chi connectivity index (χ1n) is 9.37. The number of halogens is 8. The number of amides is 1. The summed E-state index contributed by atoms with van der Waals surface area (Å²) in [7, 11) is 0. The summed E-state index contributed by atoms with van der Waals surface area (Å²) < 4.78 is 105. The van der Waals surface area contributed by atoms with Crippen molar-refractivity contribution in [1.29, 1.82) is 5.41 Å². The van der Waals surface area contributed by atoms with Gasteiger partial charge in [0.15, 0.2) is 0 Å². The molecule has 0 saturated heterocycles. The van der Waals surface area contributed by atoms with Crippen LogP contribution < -0.4 is 16.4 Å². The Morgan fingerprint density at radius 1 is 1.09 bits per heavy atom. The van der Waals surface area contributed by atoms with Gasteiger partial charge in [0, 0.05) is 24.9 Å². The fourth-order valence-electron chi connectivity index (χ4n) is 2.39. The molecule has 0 aromatic heterocycles. The smallest absolute Gasteiger partial charge is 0.404 e. The SMILES string of the molecule is C=C(/N=C\C(=C/N)C(C)(F)F)N/C(=N\C=N)[C@H](C)NC(=O)c1cc(C(F)(F)F)cc(C(F)(F)F)c1. The van der Waals surface area contributed by atoms with Crippen molar-refractivity contribution in [2.75, 3.05) is 0 Å². The van der Waals surface area contributed by atoms with E-state index in [4.69, 9.17) is 11.1 Å². The minimum Gasteiger partial charge on any atom is -0.404 e. The Kier molecular flexibility index (Phi) is 9.27. The molecule has 0 heterocycles. The standard InChI is InChI=1S/C20H20F8N6O/c1-10(16(32-9-30)34-11(2)31-8-15(7-29)18(3,21)22)33-17(35)12-4-13(19(23,24)25)6-14(5-12)20(26,27)28/h4-10H,2,29H2,1,3H3,(H,33,35)(H2,30,32,34)/b15-7+,31-8-/t10-/m0/s1. The largest absolute Gasteiger partial charge is 0.416 e. The lowest BCUT2D eigenvalue weighted by Gasteiger charge is -2.19. The van der Waals surface area contributed by atoms with Crippen molar-refractivity contribution in [3.8, 4) is 0 Å². The van der Waals surface area contributed by atoms with Crippen molar-refractivity contribution in [1.82, 2.24) is 10.6 Å². The van der Waals surface area contributed by atoms with Gasteiger partial charge in [-0.15, -0.1) is 0 Å². The molecule has 35 heavy (non-hydrogen) atoms. The van der Waals surface area contributed by atoms with Crippen LogP contribution in [0.5, 0.6) is 0 Å². The van der Waals surface area contributed by atoms with Crippen LogP contribution in [0.4, 0.5) is 35.1 Å². The number of hydrogen-bond acceptors (Lipinski definition) is 4. The Hall–Kier alpha value is -3.78. The molecule has 0 unspecified atom stereocenters. The van der Waals surface area contributed by atoms with Gasteiger partial charge in [-0.1, -0.05) is 6.58 Å². The monoisotopic (exact) mass is 512 g/mol. The molecule has 0 bridgehead atoms. The van der Waals surface area contributed by atoms with Gasteiger partial charge in [-0.25, -0.2) is 18.8 Å². The van der Waals surface area contributed by atoms with Gasteiger partial charge < -0.3 is 16.4 Å². The number of benzene rings is 1. The van der Waals surface area contributed by atoms with Crippen LogP contribution in [-0.4, -0.2) is 36.3 Å². The zero-order chi connectivity index (χ0) is 27.2. The van der Waals surface area contributed by atoms with Gasteiger partial charge in [-0.05, 0) is 25.1 Å². The third kappa shape index (κ3) is 8.83. The molecular weight excluding hydrogens is 492 g/mol. The van der Waals surface area contributed by atoms with Crippen LogP contribution in [0.25, 0.3) is 0 Å². The van der Waals surface area contributed by atoms with Crippen LogP contribution in [0.1, 0.15) is 35.3 Å². The average molecular weight is 512 g/mol. The first-order chi connectivity index (χ1) is 15.9. The second-order valence-corrected chi connectivity index (χ2v) is 6.97. The van der Waals surface area contributed by atoms with Crippen LogP contribution in [0, 0.1) is 5.41 Å². The topological polar surface area (TPSA) is 116 Å². The van der Waals surface area contributed by atoms with Crippen molar-refractivity contribution in [3.05, 3.63) is 59.1 Å². The van der Waals surface area contributed by atoms with E-state index in [1.807, 2.05) is 0 Å². The predicted octanol–water partition coefficient (Wildman–Crippen LogP) is 4.48. The van der Waals surface area contributed by atoms with E-state index in [1.54, 1.807) is 0 Å². The second kappa shape index (κ2) is 11.1. The Morgan fingerprint density at radius 2 is 1.60 bits per heavy atom. The van der Waals surface area contributed by atoms with Crippen LogP contribution in [-0.2, 0) is 12.4 Å². The number of nitrogens with two attached hydrogens (primary N) is 1. The third-order valence-corrected chi connectivity index (χ3v) is 4.13. The van der Waals surface area contributed by atoms with Crippen molar-refractivity contribution >= 4 is 24.3 Å². The van der Waals surface area contributed by atoms with Crippen LogP contribution >= 0.6 is 0 Å². The summed E-state index contributed by atoms with van der Waals surface area (Å²) >= 11 is 0. The highest BCUT2D eigenvalue weighted by molar-refractivity contribution is 6.00. The first-order valence-corrected chi connectivity index (χ1v) is 9.37. The minimum atomic E-state index is -5.15. The molecule has 15 heteroatoms. The molecule has 0 spiro atoms. The van der Waals surface area contributed by atoms with Crippen LogP contribution in [0.15, 0.2) is 52.4 Å². The number of rotatable bonds is 8. The maximum atomic E-state index is 13.3. The summed E-state index contributed by atoms with van der Waals surface area (Å²) in [5, 5.41) is 11.6. The van der Waals surface area contributed by atoms with E-state index in [-0.39, 0.29) is 29.9 Å². The Balaban J connectivity index is 3.15. The highest BCUT2D eigenvalue weighted by atomic mass is 19.4. The molecule has 1 amide bonds. The lowest BCUT2D eigenvalue weighted by Crippen LogP contribution is -2.44. The van der Waals surface area contributed by atoms with Crippen molar-refractivity contribution in [2.45, 2.75) is 38.2 Å². The third-order valence-electron chi connectivity index (χ3n) is 4.13. The summed E-state index contributed by atoms with van der Waals surface area (Å²) in [6.45, 7) is 5.21. The van der Waals surface area contributed by atoms with Gasteiger partial charge in [0.2, 0.25) is 0 Å². The van der Waals surface area contributed by atoms with Gasteiger partial charge in [0.25, 0.3) is 11.8 Å². The van der Waals surface area contributed by atoms with Crippen molar-refractivity contribution < 1.29 is 39.9 Å². The molecule has 0 radical (unpaired) electrons. The lowest BCUT2D eigenvalue weighted by molar-refractivity contribution is -0.143. The first kappa shape index (κ1) is 29.3. The Labute approximate surface area is 194 Å². The van der Waals surface area contributed by atoms with Crippen LogP contribution in [0.3, 0.4) is 0 Å². The molecule has 0 aliphatic rings. The number of aliphatic imine (C=N–C) groups is 2. The molecule has 0 aliphatic carbocycles. The number of amidine groups is 1. The highest BCUT2D eigenvalue weighted by Gasteiger charge is 2.37. The molecular formula is C20H20F8N6O. The number of allylic oxidation sites excluding steroid dienone is 1. The van der Waals surface area contributed by atoms with Crippen molar-refractivity contribution in [3.63, 3.8) is 0 Å². The molecule has 1 aromatic carbocycles. The number of nitrogens with one attached hydrogen (secondary N) is 3. The molecule has 0 saturated carbocycles. The van der Waals surface area contributed by atoms with Gasteiger partial charge in [-0.3, -0.25) is 10.2 Å². The van der Waals surface area contributed by atoms with Gasteiger partial charge in [-0.2, -0.15) is 26.3 Å². The van der Waals surface area contributed by atoms with Gasteiger partial charge in [0.05, 0.1) is 22.7 Å². The van der Waals surface area contributed by atoms with E-state index in [2.05, 4.69) is 27.2 Å². The average Bonchev–Trinajstić information content (AvgIpc) is 2.71. The summed E-state index contributed by atoms with van der Waals surface area (Å²) in [5.41, 5.74) is 0.127. The molecule has 0 fully saturated rings. The van der Waals surface area contributed by atoms with E-state index in [9.17, 15) is 39.9 Å². The molecule has 1 aromatic rings. The maximum absolute atomic E-state index is 13.3. The zero-order valence-electron chi connectivity index (χ0n) is 18.2. The zero-order valence-corrected chi connectivity index (χ0v) is 18.2. The van der Waals surface area contributed by atoms with Crippen molar-refractivity contribution in [2.24, 2.45) is 15.7 Å². The normalized spacial score (nSPS) is 14.6. The van der Waals surface area contributed by atoms with Crippen LogP contribution in [0.2, 0.25) is 0 Å². The number of carbonyl (C=O) groups is 1. The number of carbonyl (C=O) groups excluding carboxylic acids is 1. The molecule has 192 valence electrons. The number of alkyl halides is 8. The van der Waals surface area contributed by atoms with E-state index < -0.39 is 52.5 Å². The summed E-state index contributed by atoms with van der Waals surface area (Å²) in [6, 6.07) is -0.868. The van der Waals surface area contributed by atoms with E-state index >= 15 is 0 Å². The lowest BCUT2D eigenvalue weighted by atomic mass is 10.0. The Morgan fingerprint density at radius 3 is 2.00 bits per heavy atom. The highest BCUT2D eigenvalue weighted by Crippen LogP contribution is 2.36. The predicted molar refractivity (Wildman–Crippen MR) is 113 cm³/mol. The summed E-state index contributed by atoms with van der Waals surface area (Å²) in [5.74, 6) is -5.23. The van der Waals surface area contributed by atoms with Gasteiger partial charge >= 0.3 is 12.4 Å².